The predicted molar refractivity (Wildman–Crippen MR) is 45.1 cm³/mol. The molecular weight excluding hydrogens is 273 g/mol. The first kappa shape index (κ1) is 11.7. The van der Waals surface area contributed by atoms with Crippen molar-refractivity contribution in [3.63, 3.8) is 0 Å². The van der Waals surface area contributed by atoms with Crippen LogP contribution in [0.3, 0.4) is 0 Å². The zero-order chi connectivity index (χ0) is 7.72. The van der Waals surface area contributed by atoms with Gasteiger partial charge in [-0.25, -0.2) is 10.0 Å². The molecule has 0 saturated carbocycles. The molecule has 2 unspecified atom stereocenters. The van der Waals surface area contributed by atoms with Crippen molar-refractivity contribution in [2.45, 2.75) is 13.1 Å². The molecule has 0 bridgehead atoms. The van der Waals surface area contributed by atoms with Crippen molar-refractivity contribution in [2.24, 2.45) is 4.99 Å². The van der Waals surface area contributed by atoms with Crippen molar-refractivity contribution >= 4 is 16.9 Å². The van der Waals surface area contributed by atoms with Crippen molar-refractivity contribution in [1.29, 1.82) is 0 Å². The largest absolute Gasteiger partial charge is 1.00 e. The van der Waals surface area contributed by atoms with Gasteiger partial charge in [-0.1, -0.05) is 0 Å². The first-order valence-corrected chi connectivity index (χ1v) is 4.58. The van der Waals surface area contributed by atoms with Crippen molar-refractivity contribution in [3.8, 4) is 0 Å². The molecule has 0 saturated heterocycles. The van der Waals surface area contributed by atoms with Crippen molar-refractivity contribution in [1.82, 2.24) is 5.01 Å². The van der Waals surface area contributed by atoms with E-state index in [2.05, 4.69) is 37.3 Å². The maximum Gasteiger partial charge on any atom is 0.278 e. The molecule has 0 radical (unpaired) electrons. The van der Waals surface area contributed by atoms with Crippen LogP contribution in [0.2, 0.25) is 0 Å². The topological polar surface area (TPSA) is 20.0 Å². The second-order valence-electron chi connectivity index (χ2n) is 2.47. The molecule has 1 rings (SSSR count). The molecule has 66 valence electrons. The maximum atomic E-state index is 4.44. The minimum absolute atomic E-state index is 0. The summed E-state index contributed by atoms with van der Waals surface area (Å²) in [5.74, 6) is 0. The van der Waals surface area contributed by atoms with Gasteiger partial charge >= 0.3 is 0 Å². The fourth-order valence-electron chi connectivity index (χ4n) is 0.981. The van der Waals surface area contributed by atoms with Crippen LogP contribution in [0, 0.1) is 0 Å². The van der Waals surface area contributed by atoms with E-state index in [1.165, 1.54) is 10.2 Å². The standard InChI is InChI=1S/C6H13N3S.HI/c1-5-7-6(10-4)9(3)8(5)2;/h5H,1-4H3;1H. The Bertz CT molecular complexity index is 162. The number of quaternary nitrogens is 1. The molecule has 0 aromatic heterocycles. The summed E-state index contributed by atoms with van der Waals surface area (Å²) in [6.45, 7) is 2.10. The van der Waals surface area contributed by atoms with Gasteiger partial charge in [0.25, 0.3) is 5.17 Å². The molecule has 1 aliphatic rings. The summed E-state index contributed by atoms with van der Waals surface area (Å²) in [6, 6.07) is 0. The highest BCUT2D eigenvalue weighted by atomic mass is 127. The molecule has 1 heterocycles. The molecule has 0 aliphatic carbocycles. The van der Waals surface area contributed by atoms with Crippen LogP contribution in [0.5, 0.6) is 0 Å². The monoisotopic (exact) mass is 287 g/mol. The highest BCUT2D eigenvalue weighted by Crippen LogP contribution is 2.02. The Kier molecular flexibility index (Phi) is 4.92. The number of amidine groups is 1. The first-order valence-electron chi connectivity index (χ1n) is 3.35. The molecule has 0 amide bonds. The number of rotatable bonds is 0. The summed E-state index contributed by atoms with van der Waals surface area (Å²) in [4.78, 5) is 4.44. The van der Waals surface area contributed by atoms with E-state index >= 15 is 0 Å². The molecule has 3 nitrogen and oxygen atoms in total. The Morgan fingerprint density at radius 3 is 2.36 bits per heavy atom. The zero-order valence-corrected chi connectivity index (χ0v) is 10.2. The highest BCUT2D eigenvalue weighted by Gasteiger charge is 2.29. The van der Waals surface area contributed by atoms with Crippen LogP contribution < -0.4 is 29.0 Å². The summed E-state index contributed by atoms with van der Waals surface area (Å²) >= 11 is 1.72. The van der Waals surface area contributed by atoms with E-state index in [-0.39, 0.29) is 24.0 Å². The number of nitrogens with one attached hydrogen (secondary N) is 1. The summed E-state index contributed by atoms with van der Waals surface area (Å²) < 4.78 is 0. The van der Waals surface area contributed by atoms with Crippen LogP contribution in [0.25, 0.3) is 0 Å². The van der Waals surface area contributed by atoms with Gasteiger partial charge in [-0.2, -0.15) is 0 Å². The molecule has 11 heavy (non-hydrogen) atoms. The predicted octanol–water partition coefficient (Wildman–Crippen LogP) is -3.57. The number of thioether (sulfide) groups is 1. The third-order valence-electron chi connectivity index (χ3n) is 1.90. The lowest BCUT2D eigenvalue weighted by molar-refractivity contribution is -0.906. The van der Waals surface area contributed by atoms with E-state index in [4.69, 9.17) is 0 Å². The van der Waals surface area contributed by atoms with Crippen LogP contribution in [-0.4, -0.2) is 36.7 Å². The third-order valence-corrected chi connectivity index (χ3v) is 2.68. The third kappa shape index (κ3) is 2.30. The van der Waals surface area contributed by atoms with Crippen LogP contribution in [-0.2, 0) is 0 Å². The van der Waals surface area contributed by atoms with Gasteiger partial charge in [-0.05, 0) is 24.9 Å². The summed E-state index contributed by atoms with van der Waals surface area (Å²) in [5.41, 5.74) is 0. The lowest BCUT2D eigenvalue weighted by Crippen LogP contribution is -3.15. The molecule has 5 heteroatoms. The van der Waals surface area contributed by atoms with Gasteiger partial charge in [-0.3, -0.25) is 0 Å². The molecular formula is C6H14IN3S. The van der Waals surface area contributed by atoms with E-state index in [9.17, 15) is 0 Å². The SMILES string of the molecule is CSC1=NC(C)N(C)[NH+]1C.[I-]. The highest BCUT2D eigenvalue weighted by molar-refractivity contribution is 8.12. The molecule has 0 aromatic rings. The number of hydrogen-bond acceptors (Lipinski definition) is 3. The number of aliphatic imine (C=N–C) groups is 1. The Hall–Kier alpha value is 0.670. The van der Waals surface area contributed by atoms with Crippen molar-refractivity contribution in [2.75, 3.05) is 20.4 Å². The molecule has 2 atom stereocenters. The van der Waals surface area contributed by atoms with Gasteiger partial charge in [0.1, 0.15) is 0 Å². The fourth-order valence-corrected chi connectivity index (χ4v) is 1.68. The van der Waals surface area contributed by atoms with Gasteiger partial charge < -0.3 is 24.0 Å². The minimum atomic E-state index is 0. The Balaban J connectivity index is 0.000001000. The molecule has 1 N–H and O–H groups in total. The van der Waals surface area contributed by atoms with Crippen molar-refractivity contribution in [3.05, 3.63) is 0 Å². The van der Waals surface area contributed by atoms with Gasteiger partial charge in [0.2, 0.25) is 0 Å². The minimum Gasteiger partial charge on any atom is -1.00 e. The number of hydrogen-bond donors (Lipinski definition) is 1. The van der Waals surface area contributed by atoms with E-state index < -0.39 is 0 Å². The van der Waals surface area contributed by atoms with Gasteiger partial charge in [0.15, 0.2) is 6.17 Å². The fraction of sp³-hybridized carbons (Fsp3) is 0.833. The van der Waals surface area contributed by atoms with Crippen molar-refractivity contribution < 1.29 is 29.0 Å². The lowest BCUT2D eigenvalue weighted by atomic mass is 10.6. The van der Waals surface area contributed by atoms with E-state index in [1.54, 1.807) is 11.8 Å². The second-order valence-corrected chi connectivity index (χ2v) is 3.26. The molecule has 1 aliphatic heterocycles. The number of halogens is 1. The Morgan fingerprint density at radius 2 is 2.18 bits per heavy atom. The summed E-state index contributed by atoms with van der Waals surface area (Å²) in [7, 11) is 4.19. The van der Waals surface area contributed by atoms with Crippen LogP contribution >= 0.6 is 11.8 Å². The normalized spacial score (nSPS) is 31.5. The first-order chi connectivity index (χ1) is 4.66. The van der Waals surface area contributed by atoms with E-state index in [0.717, 1.165) is 0 Å². The summed E-state index contributed by atoms with van der Waals surface area (Å²) in [5, 5.41) is 4.65. The number of nitrogens with zero attached hydrogens (tertiary/aromatic N) is 2. The van der Waals surface area contributed by atoms with Gasteiger partial charge in [0.05, 0.1) is 7.05 Å². The van der Waals surface area contributed by atoms with E-state index in [0.29, 0.717) is 6.17 Å². The second kappa shape index (κ2) is 4.64. The Morgan fingerprint density at radius 1 is 1.64 bits per heavy atom. The zero-order valence-electron chi connectivity index (χ0n) is 7.26. The quantitative estimate of drug-likeness (QED) is 0.465. The van der Waals surface area contributed by atoms with Crippen LogP contribution in [0.1, 0.15) is 6.92 Å². The maximum absolute atomic E-state index is 4.44. The summed E-state index contributed by atoms with van der Waals surface area (Å²) in [6.07, 6.45) is 2.40. The average Bonchev–Trinajstić information content (AvgIpc) is 2.17. The van der Waals surface area contributed by atoms with Gasteiger partial charge in [-0.15, -0.1) is 5.01 Å². The smallest absolute Gasteiger partial charge is 0.278 e. The molecule has 0 aromatic carbocycles. The average molecular weight is 287 g/mol. The van der Waals surface area contributed by atoms with Crippen LogP contribution in [0.15, 0.2) is 4.99 Å². The van der Waals surface area contributed by atoms with E-state index in [1.807, 2.05) is 0 Å². The molecule has 0 spiro atoms. The molecule has 0 fully saturated rings. The van der Waals surface area contributed by atoms with Crippen LogP contribution in [0.4, 0.5) is 0 Å². The van der Waals surface area contributed by atoms with Gasteiger partial charge in [0, 0.05) is 7.05 Å². The lowest BCUT2D eigenvalue weighted by Gasteiger charge is -2.17. The Labute approximate surface area is 89.2 Å².